The third kappa shape index (κ3) is 4.65. The lowest BCUT2D eigenvalue weighted by Gasteiger charge is -2.08. The van der Waals surface area contributed by atoms with Gasteiger partial charge in [-0.3, -0.25) is 10.1 Å². The van der Waals surface area contributed by atoms with E-state index in [0.29, 0.717) is 21.3 Å². The van der Waals surface area contributed by atoms with Crippen LogP contribution in [-0.2, 0) is 0 Å². The van der Waals surface area contributed by atoms with E-state index in [1.165, 1.54) is 13.2 Å². The molecule has 0 aliphatic carbocycles. The van der Waals surface area contributed by atoms with E-state index in [9.17, 15) is 14.9 Å². The number of methoxy groups -OCH3 is 1. The van der Waals surface area contributed by atoms with Crippen LogP contribution in [0.3, 0.4) is 0 Å². The molecule has 2 rings (SSSR count). The van der Waals surface area contributed by atoms with Crippen molar-refractivity contribution in [1.82, 2.24) is 0 Å². The van der Waals surface area contributed by atoms with Gasteiger partial charge in [-0.15, -0.1) is 0 Å². The van der Waals surface area contributed by atoms with E-state index in [2.05, 4.69) is 15.9 Å². The van der Waals surface area contributed by atoms with Gasteiger partial charge in [0, 0.05) is 16.1 Å². The Labute approximate surface area is 140 Å². The fourth-order valence-electron chi connectivity index (χ4n) is 1.77. The normalized spacial score (nSPS) is 10.5. The van der Waals surface area contributed by atoms with Crippen molar-refractivity contribution >= 4 is 28.0 Å². The predicted molar refractivity (Wildman–Crippen MR) is 88.1 cm³/mol. The summed E-state index contributed by atoms with van der Waals surface area (Å²) in [7, 11) is 1.53. The number of carbonyl (C=O) groups is 1. The minimum Gasteiger partial charge on any atom is -0.497 e. The molecule has 0 saturated carbocycles. The third-order valence-electron chi connectivity index (χ3n) is 2.88. The van der Waals surface area contributed by atoms with Crippen LogP contribution in [0.15, 0.2) is 53.1 Å². The van der Waals surface area contributed by atoms with Gasteiger partial charge in [0.1, 0.15) is 11.5 Å². The van der Waals surface area contributed by atoms with Crippen molar-refractivity contribution in [2.75, 3.05) is 7.11 Å². The zero-order chi connectivity index (χ0) is 16.8. The van der Waals surface area contributed by atoms with Gasteiger partial charge in [-0.25, -0.2) is 4.79 Å². The summed E-state index contributed by atoms with van der Waals surface area (Å²) in [5, 5.41) is 10.5. The zero-order valence-corrected chi connectivity index (χ0v) is 13.6. The number of hydrogen-bond acceptors (Lipinski definition) is 5. The molecule has 0 aliphatic heterocycles. The number of ether oxygens (including phenoxy) is 2. The Morgan fingerprint density at radius 1 is 1.22 bits per heavy atom. The molecule has 6 nitrogen and oxygen atoms in total. The summed E-state index contributed by atoms with van der Waals surface area (Å²) in [5.74, 6) is 0.289. The van der Waals surface area contributed by atoms with Gasteiger partial charge in [0.15, 0.2) is 0 Å². The van der Waals surface area contributed by atoms with Crippen molar-refractivity contribution in [3.05, 3.63) is 74.4 Å². The SMILES string of the molecule is COc1ccc(C(=O)Oc2ccc(Br)cc2/C=C/[N+](=O)[O-])cc1. The maximum atomic E-state index is 12.2. The molecule has 7 heteroatoms. The second-order valence-corrected chi connectivity index (χ2v) is 5.32. The fraction of sp³-hybridized carbons (Fsp3) is 0.0625. The molecule has 2 aromatic carbocycles. The van der Waals surface area contributed by atoms with Crippen molar-refractivity contribution in [2.24, 2.45) is 0 Å². The predicted octanol–water partition coefficient (Wildman–Crippen LogP) is 3.92. The van der Waals surface area contributed by atoms with E-state index in [4.69, 9.17) is 9.47 Å². The number of esters is 1. The van der Waals surface area contributed by atoms with E-state index in [-0.39, 0.29) is 5.75 Å². The highest BCUT2D eigenvalue weighted by atomic mass is 79.9. The van der Waals surface area contributed by atoms with Crippen molar-refractivity contribution < 1.29 is 19.2 Å². The molecular weight excluding hydrogens is 366 g/mol. The topological polar surface area (TPSA) is 78.7 Å². The number of nitrogens with zero attached hydrogens (tertiary/aromatic N) is 1. The summed E-state index contributed by atoms with van der Waals surface area (Å²) in [6.45, 7) is 0. The summed E-state index contributed by atoms with van der Waals surface area (Å²) in [4.78, 5) is 22.0. The Kier molecular flexibility index (Phi) is 5.48. The average molecular weight is 378 g/mol. The van der Waals surface area contributed by atoms with Crippen LogP contribution in [0, 0.1) is 10.1 Å². The van der Waals surface area contributed by atoms with Crippen LogP contribution in [-0.4, -0.2) is 18.0 Å². The first-order valence-corrected chi connectivity index (χ1v) is 7.26. The van der Waals surface area contributed by atoms with Crippen LogP contribution in [0.25, 0.3) is 6.08 Å². The minimum absolute atomic E-state index is 0.229. The van der Waals surface area contributed by atoms with Crippen molar-refractivity contribution in [3.63, 3.8) is 0 Å². The molecule has 0 bridgehead atoms. The van der Waals surface area contributed by atoms with Crippen LogP contribution in [0.5, 0.6) is 11.5 Å². The lowest BCUT2D eigenvalue weighted by atomic mass is 10.2. The fourth-order valence-corrected chi connectivity index (χ4v) is 2.15. The molecule has 0 heterocycles. The van der Waals surface area contributed by atoms with Gasteiger partial charge < -0.3 is 9.47 Å². The third-order valence-corrected chi connectivity index (χ3v) is 3.37. The first-order chi connectivity index (χ1) is 11.0. The molecule has 0 aliphatic rings. The van der Waals surface area contributed by atoms with Gasteiger partial charge in [0.25, 0.3) is 0 Å². The lowest BCUT2D eigenvalue weighted by molar-refractivity contribution is -0.400. The van der Waals surface area contributed by atoms with Crippen LogP contribution in [0.1, 0.15) is 15.9 Å². The first kappa shape index (κ1) is 16.7. The number of hydrogen-bond donors (Lipinski definition) is 0. The second kappa shape index (κ2) is 7.55. The maximum absolute atomic E-state index is 12.2. The molecule has 0 aromatic heterocycles. The van der Waals surface area contributed by atoms with Crippen molar-refractivity contribution in [3.8, 4) is 11.5 Å². The molecule has 2 aromatic rings. The van der Waals surface area contributed by atoms with E-state index in [0.717, 1.165) is 6.20 Å². The van der Waals surface area contributed by atoms with E-state index in [1.54, 1.807) is 42.5 Å². The zero-order valence-electron chi connectivity index (χ0n) is 12.1. The molecule has 0 radical (unpaired) electrons. The van der Waals surface area contributed by atoms with Gasteiger partial charge in [-0.05, 0) is 42.5 Å². The lowest BCUT2D eigenvalue weighted by Crippen LogP contribution is -2.09. The highest BCUT2D eigenvalue weighted by Crippen LogP contribution is 2.25. The number of rotatable bonds is 5. The Balaban J connectivity index is 2.24. The summed E-state index contributed by atoms with van der Waals surface area (Å²) < 4.78 is 11.1. The van der Waals surface area contributed by atoms with E-state index in [1.807, 2.05) is 0 Å². The Hall–Kier alpha value is -2.67. The highest BCUT2D eigenvalue weighted by molar-refractivity contribution is 9.10. The monoisotopic (exact) mass is 377 g/mol. The van der Waals surface area contributed by atoms with Gasteiger partial charge in [0.05, 0.1) is 17.6 Å². The molecule has 23 heavy (non-hydrogen) atoms. The molecule has 0 saturated heterocycles. The largest absolute Gasteiger partial charge is 0.497 e. The summed E-state index contributed by atoms with van der Waals surface area (Å²) in [5.41, 5.74) is 0.760. The molecule has 118 valence electrons. The van der Waals surface area contributed by atoms with Crippen LogP contribution in [0.4, 0.5) is 0 Å². The van der Waals surface area contributed by atoms with Gasteiger partial charge in [-0.2, -0.15) is 0 Å². The number of nitro groups is 1. The number of carbonyl (C=O) groups excluding carboxylic acids is 1. The quantitative estimate of drug-likeness (QED) is 0.341. The molecule has 0 fully saturated rings. The molecule has 0 N–H and O–H groups in total. The number of benzene rings is 2. The van der Waals surface area contributed by atoms with Crippen molar-refractivity contribution in [1.29, 1.82) is 0 Å². The highest BCUT2D eigenvalue weighted by Gasteiger charge is 2.12. The van der Waals surface area contributed by atoms with Crippen LogP contribution >= 0.6 is 15.9 Å². The van der Waals surface area contributed by atoms with Gasteiger partial charge >= 0.3 is 5.97 Å². The van der Waals surface area contributed by atoms with E-state index >= 15 is 0 Å². The Bertz CT molecular complexity index is 756. The van der Waals surface area contributed by atoms with Crippen LogP contribution < -0.4 is 9.47 Å². The smallest absolute Gasteiger partial charge is 0.343 e. The second-order valence-electron chi connectivity index (χ2n) is 4.40. The number of halogens is 1. The van der Waals surface area contributed by atoms with E-state index < -0.39 is 10.9 Å². The summed E-state index contributed by atoms with van der Waals surface area (Å²) >= 11 is 3.27. The minimum atomic E-state index is -0.587. The maximum Gasteiger partial charge on any atom is 0.343 e. The molecular formula is C16H12BrNO5. The van der Waals surface area contributed by atoms with Gasteiger partial charge in [-0.1, -0.05) is 15.9 Å². The summed E-state index contributed by atoms with van der Waals surface area (Å²) in [6.07, 6.45) is 2.05. The molecule has 0 spiro atoms. The van der Waals surface area contributed by atoms with Crippen molar-refractivity contribution in [2.45, 2.75) is 0 Å². The Morgan fingerprint density at radius 2 is 1.91 bits per heavy atom. The average Bonchev–Trinajstić information content (AvgIpc) is 2.55. The standard InChI is InChI=1S/C16H12BrNO5/c1-22-14-5-2-11(3-6-14)16(19)23-15-7-4-13(17)10-12(15)8-9-18(20)21/h2-10H,1H3/b9-8+. The van der Waals surface area contributed by atoms with Gasteiger partial charge in [0.2, 0.25) is 6.20 Å². The van der Waals surface area contributed by atoms with Crippen LogP contribution in [0.2, 0.25) is 0 Å². The molecule has 0 amide bonds. The molecule has 0 unspecified atom stereocenters. The Morgan fingerprint density at radius 3 is 2.52 bits per heavy atom. The first-order valence-electron chi connectivity index (χ1n) is 6.47. The molecule has 0 atom stereocenters. The summed E-state index contributed by atoms with van der Waals surface area (Å²) in [6, 6.07) is 11.3.